The third-order valence-electron chi connectivity index (χ3n) is 3.80. The Hall–Kier alpha value is -3.02. The van der Waals surface area contributed by atoms with Crippen molar-refractivity contribution in [2.45, 2.75) is 26.3 Å². The molecule has 0 fully saturated rings. The summed E-state index contributed by atoms with van der Waals surface area (Å²) in [5.41, 5.74) is 0.897. The van der Waals surface area contributed by atoms with Crippen molar-refractivity contribution in [2.24, 2.45) is 0 Å². The van der Waals surface area contributed by atoms with E-state index in [0.717, 1.165) is 11.3 Å². The van der Waals surface area contributed by atoms with Crippen molar-refractivity contribution in [3.63, 3.8) is 0 Å². The molecule has 0 bridgehead atoms. The summed E-state index contributed by atoms with van der Waals surface area (Å²) >= 11 is 0. The minimum absolute atomic E-state index is 0.145. The van der Waals surface area contributed by atoms with Crippen LogP contribution < -0.4 is 20.1 Å². The van der Waals surface area contributed by atoms with Gasteiger partial charge in [-0.1, -0.05) is 30.3 Å². The lowest BCUT2D eigenvalue weighted by Gasteiger charge is -2.18. The molecule has 2 rings (SSSR count). The first-order valence-electron chi connectivity index (χ1n) is 9.03. The van der Waals surface area contributed by atoms with Crippen LogP contribution in [-0.2, 0) is 9.59 Å². The Morgan fingerprint density at radius 3 is 2.19 bits per heavy atom. The van der Waals surface area contributed by atoms with E-state index >= 15 is 0 Å². The molecular weight excluding hydrogens is 344 g/mol. The fraction of sp³-hybridized carbons (Fsp3) is 0.333. The van der Waals surface area contributed by atoms with Gasteiger partial charge in [-0.25, -0.2) is 0 Å². The van der Waals surface area contributed by atoms with Crippen LogP contribution in [0.5, 0.6) is 11.5 Å². The minimum Gasteiger partial charge on any atom is -0.494 e. The van der Waals surface area contributed by atoms with E-state index in [9.17, 15) is 9.59 Å². The van der Waals surface area contributed by atoms with Crippen LogP contribution in [0.15, 0.2) is 54.6 Å². The first-order chi connectivity index (χ1) is 13.1. The largest absolute Gasteiger partial charge is 0.494 e. The summed E-state index contributed by atoms with van der Waals surface area (Å²) < 4.78 is 11.0. The quantitative estimate of drug-likeness (QED) is 0.631. The van der Waals surface area contributed by atoms with Crippen LogP contribution in [0.4, 0.5) is 0 Å². The summed E-state index contributed by atoms with van der Waals surface area (Å²) in [4.78, 5) is 23.6. The van der Waals surface area contributed by atoms with E-state index in [1.54, 1.807) is 0 Å². The van der Waals surface area contributed by atoms with E-state index in [1.165, 1.54) is 6.92 Å². The van der Waals surface area contributed by atoms with Crippen LogP contribution in [0.2, 0.25) is 0 Å². The molecule has 0 aromatic heterocycles. The molecule has 0 aliphatic carbocycles. The standard InChI is InChI=1S/C21H26N2O4/c1-3-26-18-9-11-19(12-10-18)27-14-13-22-21(25)15-20(23-16(2)24)17-7-5-4-6-8-17/h4-12,20H,3,13-15H2,1-2H3,(H,22,25)(H,23,24)/t20-/m1/s1. The molecule has 6 nitrogen and oxygen atoms in total. The van der Waals surface area contributed by atoms with Gasteiger partial charge in [-0.3, -0.25) is 9.59 Å². The molecule has 0 saturated heterocycles. The number of hydrogen-bond donors (Lipinski definition) is 2. The fourth-order valence-corrected chi connectivity index (χ4v) is 2.60. The molecule has 6 heteroatoms. The summed E-state index contributed by atoms with van der Waals surface area (Å²) in [6, 6.07) is 16.4. The van der Waals surface area contributed by atoms with Gasteiger partial charge in [0.25, 0.3) is 0 Å². The first kappa shape index (κ1) is 20.3. The number of benzene rings is 2. The van der Waals surface area contributed by atoms with Crippen molar-refractivity contribution in [3.05, 3.63) is 60.2 Å². The lowest BCUT2D eigenvalue weighted by Crippen LogP contribution is -2.34. The Kier molecular flexibility index (Phi) is 8.16. The number of rotatable bonds is 10. The molecular formula is C21H26N2O4. The van der Waals surface area contributed by atoms with Crippen LogP contribution in [0.1, 0.15) is 31.9 Å². The molecule has 0 saturated carbocycles. The zero-order chi connectivity index (χ0) is 19.5. The van der Waals surface area contributed by atoms with Crippen molar-refractivity contribution in [1.29, 1.82) is 0 Å². The predicted molar refractivity (Wildman–Crippen MR) is 104 cm³/mol. The van der Waals surface area contributed by atoms with Crippen LogP contribution in [0.25, 0.3) is 0 Å². The van der Waals surface area contributed by atoms with Crippen molar-refractivity contribution >= 4 is 11.8 Å². The molecule has 0 aliphatic rings. The molecule has 2 N–H and O–H groups in total. The molecule has 2 aromatic carbocycles. The minimum atomic E-state index is -0.351. The fourth-order valence-electron chi connectivity index (χ4n) is 2.60. The first-order valence-corrected chi connectivity index (χ1v) is 9.03. The predicted octanol–water partition coefficient (Wildman–Crippen LogP) is 2.85. The molecule has 0 heterocycles. The number of hydrogen-bond acceptors (Lipinski definition) is 4. The van der Waals surface area contributed by atoms with E-state index in [2.05, 4.69) is 10.6 Å². The van der Waals surface area contributed by atoms with Gasteiger partial charge in [0.15, 0.2) is 0 Å². The van der Waals surface area contributed by atoms with Gasteiger partial charge >= 0.3 is 0 Å². The summed E-state index contributed by atoms with van der Waals surface area (Å²) in [5.74, 6) is 1.19. The van der Waals surface area contributed by atoms with E-state index in [4.69, 9.17) is 9.47 Å². The highest BCUT2D eigenvalue weighted by Crippen LogP contribution is 2.18. The highest BCUT2D eigenvalue weighted by molar-refractivity contribution is 5.79. The van der Waals surface area contributed by atoms with Gasteiger partial charge in [-0.15, -0.1) is 0 Å². The Labute approximate surface area is 159 Å². The molecule has 0 aliphatic heterocycles. The highest BCUT2D eigenvalue weighted by Gasteiger charge is 2.16. The average molecular weight is 370 g/mol. The lowest BCUT2D eigenvalue weighted by atomic mass is 10.0. The monoisotopic (exact) mass is 370 g/mol. The summed E-state index contributed by atoms with van der Waals surface area (Å²) in [6.45, 7) is 4.73. The Morgan fingerprint density at radius 2 is 1.59 bits per heavy atom. The Morgan fingerprint density at radius 1 is 0.963 bits per heavy atom. The Bertz CT molecular complexity index is 717. The van der Waals surface area contributed by atoms with Gasteiger partial charge < -0.3 is 20.1 Å². The molecule has 0 unspecified atom stereocenters. The van der Waals surface area contributed by atoms with Crippen molar-refractivity contribution in [1.82, 2.24) is 10.6 Å². The number of nitrogens with one attached hydrogen (secondary N) is 2. The van der Waals surface area contributed by atoms with Crippen LogP contribution in [0.3, 0.4) is 0 Å². The smallest absolute Gasteiger partial charge is 0.222 e. The number of carbonyl (C=O) groups is 2. The van der Waals surface area contributed by atoms with E-state index in [0.29, 0.717) is 25.5 Å². The van der Waals surface area contributed by atoms with E-state index in [1.807, 2.05) is 61.5 Å². The maximum absolute atomic E-state index is 12.2. The number of carbonyl (C=O) groups excluding carboxylic acids is 2. The summed E-state index contributed by atoms with van der Waals surface area (Å²) in [6.07, 6.45) is 0.173. The maximum Gasteiger partial charge on any atom is 0.222 e. The second kappa shape index (κ2) is 10.9. The zero-order valence-electron chi connectivity index (χ0n) is 15.7. The molecule has 27 heavy (non-hydrogen) atoms. The van der Waals surface area contributed by atoms with Gasteiger partial charge in [-0.2, -0.15) is 0 Å². The van der Waals surface area contributed by atoms with Crippen LogP contribution in [0, 0.1) is 0 Å². The van der Waals surface area contributed by atoms with Gasteiger partial charge in [0.05, 0.1) is 25.6 Å². The van der Waals surface area contributed by atoms with Crippen LogP contribution >= 0.6 is 0 Å². The third kappa shape index (κ3) is 7.40. The highest BCUT2D eigenvalue weighted by atomic mass is 16.5. The number of ether oxygens (including phenoxy) is 2. The van der Waals surface area contributed by atoms with Gasteiger partial charge in [0, 0.05) is 6.92 Å². The second-order valence-electron chi connectivity index (χ2n) is 5.97. The summed E-state index contributed by atoms with van der Waals surface area (Å²) in [7, 11) is 0. The normalized spacial score (nSPS) is 11.3. The maximum atomic E-state index is 12.2. The summed E-state index contributed by atoms with van der Waals surface area (Å²) in [5, 5.41) is 5.63. The number of amides is 2. The molecule has 144 valence electrons. The molecule has 0 radical (unpaired) electrons. The van der Waals surface area contributed by atoms with Crippen LogP contribution in [-0.4, -0.2) is 31.6 Å². The van der Waals surface area contributed by atoms with E-state index < -0.39 is 0 Å². The molecule has 2 amide bonds. The molecule has 2 aromatic rings. The van der Waals surface area contributed by atoms with Crippen molar-refractivity contribution in [3.8, 4) is 11.5 Å². The van der Waals surface area contributed by atoms with Gasteiger partial charge in [-0.05, 0) is 36.8 Å². The molecule has 1 atom stereocenters. The zero-order valence-corrected chi connectivity index (χ0v) is 15.7. The molecule has 0 spiro atoms. The SMILES string of the molecule is CCOc1ccc(OCCNC(=O)C[C@@H](NC(C)=O)c2ccccc2)cc1. The van der Waals surface area contributed by atoms with Gasteiger partial charge in [0.1, 0.15) is 18.1 Å². The van der Waals surface area contributed by atoms with E-state index in [-0.39, 0.29) is 24.3 Å². The average Bonchev–Trinajstić information content (AvgIpc) is 2.66. The van der Waals surface area contributed by atoms with Crippen molar-refractivity contribution in [2.75, 3.05) is 19.8 Å². The third-order valence-corrected chi connectivity index (χ3v) is 3.80. The van der Waals surface area contributed by atoms with Crippen molar-refractivity contribution < 1.29 is 19.1 Å². The topological polar surface area (TPSA) is 76.7 Å². The van der Waals surface area contributed by atoms with Gasteiger partial charge in [0.2, 0.25) is 11.8 Å². The second-order valence-corrected chi connectivity index (χ2v) is 5.97. The lowest BCUT2D eigenvalue weighted by molar-refractivity contribution is -0.122. The Balaban J connectivity index is 1.76.